The van der Waals surface area contributed by atoms with Crippen LogP contribution in [0.2, 0.25) is 5.02 Å². The first-order chi connectivity index (χ1) is 7.00. The average molecular weight is 226 g/mol. The van der Waals surface area contributed by atoms with Crippen LogP contribution < -0.4 is 5.32 Å². The summed E-state index contributed by atoms with van der Waals surface area (Å²) in [5.41, 5.74) is 0.554. The van der Waals surface area contributed by atoms with Gasteiger partial charge in [0.05, 0.1) is 10.6 Å². The molecule has 2 radical (unpaired) electrons. The quantitative estimate of drug-likeness (QED) is 0.813. The molecule has 0 unspecified atom stereocenters. The molecule has 1 aromatic carbocycles. The molecule has 4 nitrogen and oxygen atoms in total. The summed E-state index contributed by atoms with van der Waals surface area (Å²) in [6.07, 6.45) is 0. The number of carbonyl (C=O) groups is 2. The van der Waals surface area contributed by atoms with Crippen LogP contribution in [0.1, 0.15) is 15.9 Å². The summed E-state index contributed by atoms with van der Waals surface area (Å²) in [5.74, 6) is -1.68. The number of amides is 1. The molecular formula is C10H8ClNO3. The summed E-state index contributed by atoms with van der Waals surface area (Å²) in [4.78, 5) is 21.6. The highest BCUT2D eigenvalue weighted by atomic mass is 35.5. The average Bonchev–Trinajstić information content (AvgIpc) is 2.18. The van der Waals surface area contributed by atoms with Crippen LogP contribution in [0.5, 0.6) is 0 Å². The minimum absolute atomic E-state index is 0.165. The number of rotatable bonds is 3. The molecule has 1 amide bonds. The zero-order chi connectivity index (χ0) is 11.4. The van der Waals surface area contributed by atoms with E-state index in [1.807, 2.05) is 0 Å². The van der Waals surface area contributed by atoms with Crippen molar-refractivity contribution in [2.75, 3.05) is 6.54 Å². The molecule has 1 rings (SSSR count). The second-order valence-corrected chi connectivity index (χ2v) is 3.22. The van der Waals surface area contributed by atoms with Crippen LogP contribution in [0.25, 0.3) is 0 Å². The lowest BCUT2D eigenvalue weighted by Gasteiger charge is -2.05. The fourth-order valence-electron chi connectivity index (χ4n) is 0.968. The van der Waals surface area contributed by atoms with Gasteiger partial charge in [-0.15, -0.1) is 0 Å². The number of carboxylic acid groups (broad SMARTS) is 1. The molecule has 0 aliphatic heterocycles. The molecule has 78 valence electrons. The van der Waals surface area contributed by atoms with Crippen molar-refractivity contribution in [1.82, 2.24) is 5.32 Å². The van der Waals surface area contributed by atoms with Gasteiger partial charge in [0.1, 0.15) is 6.54 Å². The van der Waals surface area contributed by atoms with E-state index in [1.165, 1.54) is 12.1 Å². The zero-order valence-corrected chi connectivity index (χ0v) is 8.41. The van der Waals surface area contributed by atoms with Crippen molar-refractivity contribution < 1.29 is 14.7 Å². The van der Waals surface area contributed by atoms with E-state index in [4.69, 9.17) is 23.6 Å². The molecule has 0 atom stereocenters. The Kier molecular flexibility index (Phi) is 3.68. The van der Waals surface area contributed by atoms with Crippen LogP contribution in [0.4, 0.5) is 0 Å². The second kappa shape index (κ2) is 4.79. The number of carbonyl (C=O) groups excluding carboxylic acids is 1. The van der Waals surface area contributed by atoms with Gasteiger partial charge in [-0.2, -0.15) is 0 Å². The fourth-order valence-corrected chi connectivity index (χ4v) is 1.17. The van der Waals surface area contributed by atoms with E-state index in [2.05, 4.69) is 5.32 Å². The van der Waals surface area contributed by atoms with Gasteiger partial charge in [-0.25, -0.2) is 0 Å². The third-order valence-corrected chi connectivity index (χ3v) is 1.96. The molecule has 0 heterocycles. The Balaban J connectivity index is 2.81. The molecule has 0 saturated carbocycles. The maximum atomic E-state index is 11.4. The van der Waals surface area contributed by atoms with Gasteiger partial charge < -0.3 is 10.4 Å². The van der Waals surface area contributed by atoms with Gasteiger partial charge >= 0.3 is 5.97 Å². The summed E-state index contributed by atoms with van der Waals surface area (Å²) in [6, 6.07) is 4.42. The number of nitrogens with one attached hydrogen (secondary N) is 1. The third-order valence-electron chi connectivity index (χ3n) is 1.64. The SMILES string of the molecule is [CH]c1ccc(Cl)c(C(=O)NCC(=O)O)c1. The summed E-state index contributed by atoms with van der Waals surface area (Å²) in [7, 11) is 0. The van der Waals surface area contributed by atoms with E-state index in [-0.39, 0.29) is 10.6 Å². The molecule has 0 aliphatic rings. The Hall–Kier alpha value is -1.55. The van der Waals surface area contributed by atoms with Crippen LogP contribution in [0.3, 0.4) is 0 Å². The molecule has 0 fully saturated rings. The van der Waals surface area contributed by atoms with E-state index in [9.17, 15) is 9.59 Å². The van der Waals surface area contributed by atoms with Crippen LogP contribution in [-0.2, 0) is 4.79 Å². The molecule has 15 heavy (non-hydrogen) atoms. The molecule has 0 aromatic heterocycles. The molecule has 1 aromatic rings. The molecule has 0 bridgehead atoms. The molecule has 0 aliphatic carbocycles. The van der Waals surface area contributed by atoms with Crippen LogP contribution in [0, 0.1) is 6.92 Å². The lowest BCUT2D eigenvalue weighted by molar-refractivity contribution is -0.135. The van der Waals surface area contributed by atoms with Gasteiger partial charge in [-0.05, 0) is 24.6 Å². The predicted octanol–water partition coefficient (Wildman–Crippen LogP) is 1.21. The Labute approximate surface area is 91.9 Å². The minimum Gasteiger partial charge on any atom is -0.480 e. The minimum atomic E-state index is -1.12. The van der Waals surface area contributed by atoms with E-state index >= 15 is 0 Å². The second-order valence-electron chi connectivity index (χ2n) is 2.82. The standard InChI is InChI=1S/C10H8ClNO3/c1-6-2-3-8(11)7(4-6)10(15)12-5-9(13)14/h1-4H,5H2,(H,12,15)(H,13,14). The van der Waals surface area contributed by atoms with E-state index in [1.54, 1.807) is 6.07 Å². The summed E-state index contributed by atoms with van der Waals surface area (Å²) < 4.78 is 0. The number of aliphatic carboxylic acids is 1. The smallest absolute Gasteiger partial charge is 0.322 e. The maximum Gasteiger partial charge on any atom is 0.322 e. The number of hydrogen-bond acceptors (Lipinski definition) is 2. The first kappa shape index (κ1) is 11.5. The highest BCUT2D eigenvalue weighted by Gasteiger charge is 2.10. The van der Waals surface area contributed by atoms with E-state index in [0.29, 0.717) is 5.56 Å². The summed E-state index contributed by atoms with van der Waals surface area (Å²) in [6.45, 7) is 5.01. The van der Waals surface area contributed by atoms with Gasteiger partial charge in [0.2, 0.25) is 0 Å². The van der Waals surface area contributed by atoms with E-state index < -0.39 is 18.4 Å². The zero-order valence-electron chi connectivity index (χ0n) is 7.66. The molecule has 0 spiro atoms. The first-order valence-corrected chi connectivity index (χ1v) is 4.43. The Morgan fingerprint density at radius 1 is 1.47 bits per heavy atom. The van der Waals surface area contributed by atoms with Crippen molar-refractivity contribution in [1.29, 1.82) is 0 Å². The van der Waals surface area contributed by atoms with Crippen LogP contribution >= 0.6 is 11.6 Å². The molecule has 5 heteroatoms. The van der Waals surface area contributed by atoms with Crippen LogP contribution in [-0.4, -0.2) is 23.5 Å². The lowest BCUT2D eigenvalue weighted by atomic mass is 10.1. The summed E-state index contributed by atoms with van der Waals surface area (Å²) in [5, 5.41) is 10.8. The van der Waals surface area contributed by atoms with Gasteiger partial charge in [0, 0.05) is 0 Å². The highest BCUT2D eigenvalue weighted by Crippen LogP contribution is 2.16. The highest BCUT2D eigenvalue weighted by molar-refractivity contribution is 6.33. The number of hydrogen-bond donors (Lipinski definition) is 2. The van der Waals surface area contributed by atoms with Crippen molar-refractivity contribution in [3.8, 4) is 0 Å². The van der Waals surface area contributed by atoms with Gasteiger partial charge in [-0.1, -0.05) is 17.7 Å². The molecule has 2 N–H and O–H groups in total. The van der Waals surface area contributed by atoms with Crippen molar-refractivity contribution in [3.05, 3.63) is 41.3 Å². The lowest BCUT2D eigenvalue weighted by Crippen LogP contribution is -2.29. The number of carboxylic acids is 1. The summed E-state index contributed by atoms with van der Waals surface area (Å²) >= 11 is 5.74. The van der Waals surface area contributed by atoms with Gasteiger partial charge in [0.15, 0.2) is 0 Å². The Morgan fingerprint density at radius 3 is 2.73 bits per heavy atom. The first-order valence-electron chi connectivity index (χ1n) is 4.05. The Morgan fingerprint density at radius 2 is 2.13 bits per heavy atom. The number of halogens is 1. The number of benzene rings is 1. The normalized spacial score (nSPS) is 9.73. The predicted molar refractivity (Wildman–Crippen MR) is 54.8 cm³/mol. The largest absolute Gasteiger partial charge is 0.480 e. The van der Waals surface area contributed by atoms with Gasteiger partial charge in [-0.3, -0.25) is 9.59 Å². The van der Waals surface area contributed by atoms with E-state index in [0.717, 1.165) is 0 Å². The van der Waals surface area contributed by atoms with Crippen molar-refractivity contribution in [3.63, 3.8) is 0 Å². The Bertz CT molecular complexity index is 404. The molecule has 0 saturated heterocycles. The molecular weight excluding hydrogens is 218 g/mol. The third kappa shape index (κ3) is 3.25. The fraction of sp³-hybridized carbons (Fsp3) is 0.100. The van der Waals surface area contributed by atoms with Crippen molar-refractivity contribution >= 4 is 23.5 Å². The monoisotopic (exact) mass is 225 g/mol. The van der Waals surface area contributed by atoms with Crippen molar-refractivity contribution in [2.45, 2.75) is 0 Å². The van der Waals surface area contributed by atoms with Crippen molar-refractivity contribution in [2.24, 2.45) is 0 Å². The van der Waals surface area contributed by atoms with Crippen LogP contribution in [0.15, 0.2) is 18.2 Å². The maximum absolute atomic E-state index is 11.4. The van der Waals surface area contributed by atoms with Gasteiger partial charge in [0.25, 0.3) is 5.91 Å². The topological polar surface area (TPSA) is 66.4 Å².